The molecule has 0 saturated carbocycles. The van der Waals surface area contributed by atoms with Crippen LogP contribution in [0.25, 0.3) is 10.9 Å². The van der Waals surface area contributed by atoms with Crippen molar-refractivity contribution in [2.45, 2.75) is 18.2 Å². The minimum atomic E-state index is -4.55. The molecule has 2 rings (SSSR count). The second-order valence-corrected chi connectivity index (χ2v) is 16.9. The average molecular weight is 579 g/mol. The second-order valence-electron chi connectivity index (χ2n) is 6.78. The topological polar surface area (TPSA) is 165 Å². The fourth-order valence-electron chi connectivity index (χ4n) is 2.92. The van der Waals surface area contributed by atoms with Gasteiger partial charge in [0.1, 0.15) is 0 Å². The third-order valence-corrected chi connectivity index (χ3v) is 15.1. The van der Waals surface area contributed by atoms with Crippen molar-refractivity contribution in [2.24, 2.45) is 0 Å². The molecule has 33 heavy (non-hydrogen) atoms. The number of para-hydroxylation sites is 1. The number of nitrogens with zero attached hydrogens (tertiary/aromatic N) is 1. The van der Waals surface area contributed by atoms with E-state index in [1.54, 1.807) is 6.07 Å². The molecule has 4 atom stereocenters. The molecule has 1 aromatic heterocycles. The van der Waals surface area contributed by atoms with E-state index in [1.165, 1.54) is 26.7 Å². The van der Waals surface area contributed by atoms with E-state index in [0.717, 1.165) is 10.9 Å². The van der Waals surface area contributed by atoms with Crippen LogP contribution in [0.3, 0.4) is 0 Å². The molecule has 0 spiro atoms. The third-order valence-electron chi connectivity index (χ3n) is 3.97. The molecule has 0 fully saturated rings. The largest absolute Gasteiger partial charge is 0.356 e. The zero-order valence-electron chi connectivity index (χ0n) is 18.3. The maximum Gasteiger partial charge on any atom is 0.356 e. The van der Waals surface area contributed by atoms with E-state index in [0.29, 0.717) is 5.69 Å². The van der Waals surface area contributed by atoms with Crippen LogP contribution in [0.1, 0.15) is 12.1 Å². The molecular formula is C16H27NO10P6. The van der Waals surface area contributed by atoms with E-state index < -0.39 is 54.1 Å². The van der Waals surface area contributed by atoms with Crippen LogP contribution in [0.5, 0.6) is 0 Å². The van der Waals surface area contributed by atoms with Crippen molar-refractivity contribution in [3.8, 4) is 0 Å². The van der Waals surface area contributed by atoms with Gasteiger partial charge in [0.25, 0.3) is 0 Å². The Balaban J connectivity index is 2.50. The van der Waals surface area contributed by atoms with Crippen molar-refractivity contribution < 1.29 is 45.9 Å². The fourth-order valence-corrected chi connectivity index (χ4v) is 14.5. The van der Waals surface area contributed by atoms with Crippen LogP contribution in [-0.2, 0) is 32.8 Å². The van der Waals surface area contributed by atoms with Crippen LogP contribution < -0.4 is 0 Å². The van der Waals surface area contributed by atoms with Crippen molar-refractivity contribution in [1.29, 1.82) is 0 Å². The lowest BCUT2D eigenvalue weighted by Gasteiger charge is -2.33. The summed E-state index contributed by atoms with van der Waals surface area (Å²) < 4.78 is 48.2. The van der Waals surface area contributed by atoms with Crippen molar-refractivity contribution in [3.05, 3.63) is 42.1 Å². The van der Waals surface area contributed by atoms with Gasteiger partial charge in [-0.05, 0) is 25.0 Å². The number of fused-ring (bicyclic) bond motifs is 1. The molecule has 2 aromatic rings. The van der Waals surface area contributed by atoms with Gasteiger partial charge in [-0.1, -0.05) is 24.3 Å². The van der Waals surface area contributed by atoms with Gasteiger partial charge in [0.15, 0.2) is 38.9 Å². The predicted molar refractivity (Wildman–Crippen MR) is 134 cm³/mol. The number of pyridine rings is 1. The minimum absolute atomic E-state index is 0.114. The second kappa shape index (κ2) is 13.2. The average Bonchev–Trinajstić information content (AvgIpc) is 2.65. The first kappa shape index (κ1) is 29.7. The molecule has 0 bridgehead atoms. The molecule has 186 valence electrons. The highest BCUT2D eigenvalue weighted by Crippen LogP contribution is 2.80. The Morgan fingerprint density at radius 1 is 0.788 bits per heavy atom. The molecular weight excluding hydrogens is 552 g/mol. The van der Waals surface area contributed by atoms with E-state index in [2.05, 4.69) is 4.98 Å². The normalized spacial score (nSPS) is 20.4. The van der Waals surface area contributed by atoms with E-state index in [-0.39, 0.29) is 12.8 Å². The van der Waals surface area contributed by atoms with Crippen LogP contribution in [0.4, 0.5) is 0 Å². The van der Waals surface area contributed by atoms with Gasteiger partial charge in [-0.15, -0.1) is 0 Å². The van der Waals surface area contributed by atoms with Crippen molar-refractivity contribution in [3.63, 3.8) is 0 Å². The molecule has 4 unspecified atom stereocenters. The van der Waals surface area contributed by atoms with Gasteiger partial charge in [-0.3, -0.25) is 31.4 Å². The lowest BCUT2D eigenvalue weighted by atomic mass is 10.1. The summed E-state index contributed by atoms with van der Waals surface area (Å²) in [5.41, 5.74) is 1.28. The zero-order valence-corrected chi connectivity index (χ0v) is 23.7. The van der Waals surface area contributed by atoms with Crippen LogP contribution in [0, 0.1) is 0 Å². The lowest BCUT2D eigenvalue weighted by Crippen LogP contribution is -2.15. The summed E-state index contributed by atoms with van der Waals surface area (Å²) in [6, 6.07) is 11.0. The van der Waals surface area contributed by atoms with Gasteiger partial charge in [0.2, 0.25) is 0 Å². The minimum Gasteiger partial charge on any atom is -0.350 e. The Bertz CT molecular complexity index is 941. The van der Waals surface area contributed by atoms with Crippen molar-refractivity contribution in [1.82, 2.24) is 4.98 Å². The van der Waals surface area contributed by atoms with E-state index in [1.807, 2.05) is 30.3 Å². The molecule has 1 heterocycles. The zero-order chi connectivity index (χ0) is 24.8. The van der Waals surface area contributed by atoms with Crippen LogP contribution in [-0.4, -0.2) is 56.6 Å². The monoisotopic (exact) mass is 579 g/mol. The molecule has 0 amide bonds. The van der Waals surface area contributed by atoms with Gasteiger partial charge in [0.05, 0.1) is 5.52 Å². The van der Waals surface area contributed by atoms with Gasteiger partial charge >= 0.3 is 15.2 Å². The van der Waals surface area contributed by atoms with E-state index in [9.17, 15) is 28.7 Å². The molecule has 4 N–H and O–H groups in total. The summed E-state index contributed by atoms with van der Waals surface area (Å²) in [5, 5.41) is -0.753. The third kappa shape index (κ3) is 9.14. The van der Waals surface area contributed by atoms with Gasteiger partial charge in [-0.2, -0.15) is 0 Å². The SMILES string of the molecule is CP(O)OP(=O)(OP(C)O)C(CCc1ccc2ccccc2n1)P(=O)(OP(C)O)OP(C)O. The fraction of sp³-hybridized carbons (Fsp3) is 0.438. The molecule has 0 radical (unpaired) electrons. The van der Waals surface area contributed by atoms with Crippen LogP contribution >= 0.6 is 48.7 Å². The van der Waals surface area contributed by atoms with Crippen LogP contribution in [0.15, 0.2) is 36.4 Å². The quantitative estimate of drug-likeness (QED) is 0.216. The summed E-state index contributed by atoms with van der Waals surface area (Å²) in [7, 11) is -18.2. The predicted octanol–water partition coefficient (Wildman–Crippen LogP) is 5.68. The highest BCUT2D eigenvalue weighted by molar-refractivity contribution is 7.82. The van der Waals surface area contributed by atoms with Crippen LogP contribution in [0.2, 0.25) is 0 Å². The molecule has 11 nitrogen and oxygen atoms in total. The molecule has 0 saturated heterocycles. The molecule has 17 heteroatoms. The Hall–Kier alpha value is 0.490. The Morgan fingerprint density at radius 2 is 1.24 bits per heavy atom. The number of hydrogen-bond acceptors (Lipinski definition) is 11. The van der Waals surface area contributed by atoms with Gasteiger partial charge in [-0.25, -0.2) is 0 Å². The van der Waals surface area contributed by atoms with E-state index >= 15 is 0 Å². The Morgan fingerprint density at radius 3 is 1.70 bits per heavy atom. The summed E-state index contributed by atoms with van der Waals surface area (Å²) in [6.07, 6.45) is -0.0816. The summed E-state index contributed by atoms with van der Waals surface area (Å²) >= 11 is 0. The molecule has 1 aromatic carbocycles. The summed E-state index contributed by atoms with van der Waals surface area (Å²) in [4.78, 5) is 43.8. The lowest BCUT2D eigenvalue weighted by molar-refractivity contribution is 0.347. The van der Waals surface area contributed by atoms with Gasteiger partial charge < -0.3 is 19.6 Å². The van der Waals surface area contributed by atoms with E-state index in [4.69, 9.17) is 17.2 Å². The molecule has 0 aliphatic heterocycles. The Labute approximate surface area is 197 Å². The van der Waals surface area contributed by atoms with Crippen molar-refractivity contribution in [2.75, 3.05) is 26.7 Å². The number of aryl methyl sites for hydroxylation is 1. The molecule has 0 aliphatic carbocycles. The maximum absolute atomic E-state index is 13.7. The smallest absolute Gasteiger partial charge is 0.350 e. The highest BCUT2D eigenvalue weighted by atomic mass is 31.3. The standard InChI is InChI=1S/C16H27NO10P6/c1-28(18)24-32(22,25-29(2)19)16(33(23,26-30(3)20)27-31(4)21)12-11-14-10-9-13-7-5-6-8-15(13)17-14/h5-10,16,18-21H,11-12H2,1-4H3. The Kier molecular flexibility index (Phi) is 11.8. The number of aromatic nitrogens is 1. The first-order valence-electron chi connectivity index (χ1n) is 9.38. The first-order valence-corrected chi connectivity index (χ1v) is 19.2. The molecule has 0 aliphatic rings. The summed E-state index contributed by atoms with van der Waals surface area (Å²) in [5.74, 6) is 0. The summed E-state index contributed by atoms with van der Waals surface area (Å²) in [6.45, 7) is 4.92. The number of rotatable bonds is 13. The number of benzene rings is 1. The number of hydrogen-bond donors (Lipinski definition) is 4. The first-order chi connectivity index (χ1) is 15.3. The highest BCUT2D eigenvalue weighted by Gasteiger charge is 2.54. The van der Waals surface area contributed by atoms with Crippen molar-refractivity contribution >= 4 is 59.6 Å². The van der Waals surface area contributed by atoms with Gasteiger partial charge in [0, 0.05) is 37.7 Å². The maximum atomic E-state index is 13.7.